The highest BCUT2D eigenvalue weighted by Crippen LogP contribution is 2.27. The van der Waals surface area contributed by atoms with Crippen LogP contribution in [0.2, 0.25) is 5.02 Å². The Hall–Kier alpha value is -2.48. The van der Waals surface area contributed by atoms with Gasteiger partial charge >= 0.3 is 0 Å². The third-order valence-corrected chi connectivity index (χ3v) is 5.59. The summed E-state index contributed by atoms with van der Waals surface area (Å²) in [4.78, 5) is 17.2. The fraction of sp³-hybridized carbons (Fsp3) is 0.0500. The predicted octanol–water partition coefficient (Wildman–Crippen LogP) is 5.97. The molecule has 0 atom stereocenters. The number of benzene rings is 2. The number of thiazole rings is 1. The lowest BCUT2D eigenvalue weighted by atomic mass is 10.2. The Bertz CT molecular complexity index is 1140. The molecule has 0 aliphatic heterocycles. The molecule has 0 saturated heterocycles. The van der Waals surface area contributed by atoms with Crippen LogP contribution in [-0.4, -0.2) is 20.7 Å². The summed E-state index contributed by atoms with van der Waals surface area (Å²) in [6.07, 6.45) is 0. The van der Waals surface area contributed by atoms with Crippen LogP contribution in [0.1, 0.15) is 16.1 Å². The van der Waals surface area contributed by atoms with Gasteiger partial charge in [-0.1, -0.05) is 39.7 Å². The van der Waals surface area contributed by atoms with Crippen molar-refractivity contribution in [1.82, 2.24) is 14.8 Å². The van der Waals surface area contributed by atoms with E-state index >= 15 is 0 Å². The molecule has 0 spiro atoms. The summed E-state index contributed by atoms with van der Waals surface area (Å²) in [6, 6.07) is 16.5. The molecule has 5 nitrogen and oxygen atoms in total. The highest BCUT2D eigenvalue weighted by atomic mass is 79.9. The summed E-state index contributed by atoms with van der Waals surface area (Å²) < 4.78 is 2.57. The topological polar surface area (TPSA) is 59.8 Å². The number of aromatic nitrogens is 3. The molecule has 4 aromatic rings. The zero-order chi connectivity index (χ0) is 19.7. The molecular formula is C20H14BrClN4OS. The number of amides is 1. The smallest absolute Gasteiger partial charge is 0.256 e. The molecule has 0 aliphatic carbocycles. The zero-order valence-corrected chi connectivity index (χ0v) is 17.8. The minimum absolute atomic E-state index is 0.205. The van der Waals surface area contributed by atoms with E-state index in [4.69, 9.17) is 11.6 Å². The number of halogens is 2. The molecule has 1 N–H and O–H groups in total. The first-order chi connectivity index (χ1) is 13.5. The van der Waals surface area contributed by atoms with Gasteiger partial charge in [-0.2, -0.15) is 9.78 Å². The van der Waals surface area contributed by atoms with Crippen LogP contribution in [0.4, 0.5) is 5.82 Å². The minimum atomic E-state index is -0.205. The van der Waals surface area contributed by atoms with Gasteiger partial charge in [-0.3, -0.25) is 4.79 Å². The fourth-order valence-corrected chi connectivity index (χ4v) is 3.83. The number of rotatable bonds is 4. The molecule has 2 aromatic carbocycles. The van der Waals surface area contributed by atoms with E-state index in [1.807, 2.05) is 54.8 Å². The van der Waals surface area contributed by atoms with Crippen molar-refractivity contribution < 1.29 is 4.79 Å². The van der Waals surface area contributed by atoms with E-state index in [1.54, 1.807) is 16.8 Å². The minimum Gasteiger partial charge on any atom is -0.306 e. The van der Waals surface area contributed by atoms with E-state index in [9.17, 15) is 4.79 Å². The van der Waals surface area contributed by atoms with Gasteiger partial charge in [0.25, 0.3) is 5.91 Å². The lowest BCUT2D eigenvalue weighted by Gasteiger charge is -2.06. The third-order valence-electron chi connectivity index (χ3n) is 3.99. The first-order valence-corrected chi connectivity index (χ1v) is 10.4. The summed E-state index contributed by atoms with van der Waals surface area (Å²) in [6.45, 7) is 1.87. The van der Waals surface area contributed by atoms with Crippen molar-refractivity contribution >= 4 is 50.6 Å². The molecular weight excluding hydrogens is 460 g/mol. The van der Waals surface area contributed by atoms with Crippen molar-refractivity contribution in [3.8, 4) is 16.4 Å². The number of nitrogens with one attached hydrogen (secondary N) is 1. The van der Waals surface area contributed by atoms with Crippen LogP contribution in [0.5, 0.6) is 0 Å². The number of hydrogen-bond acceptors (Lipinski definition) is 4. The maximum Gasteiger partial charge on any atom is 0.256 e. The van der Waals surface area contributed by atoms with Crippen molar-refractivity contribution in [3.63, 3.8) is 0 Å². The van der Waals surface area contributed by atoms with Crippen LogP contribution in [0.3, 0.4) is 0 Å². The highest BCUT2D eigenvalue weighted by molar-refractivity contribution is 9.10. The van der Waals surface area contributed by atoms with Gasteiger partial charge in [0.15, 0.2) is 0 Å². The quantitative estimate of drug-likeness (QED) is 0.397. The van der Waals surface area contributed by atoms with Gasteiger partial charge in [-0.15, -0.1) is 11.3 Å². The van der Waals surface area contributed by atoms with Crippen LogP contribution in [-0.2, 0) is 0 Å². The number of nitrogens with zero attached hydrogens (tertiary/aromatic N) is 3. The predicted molar refractivity (Wildman–Crippen MR) is 117 cm³/mol. The number of anilines is 1. The molecule has 2 heterocycles. The van der Waals surface area contributed by atoms with Crippen LogP contribution in [0.15, 0.2) is 64.5 Å². The molecule has 0 unspecified atom stereocenters. The van der Waals surface area contributed by atoms with Crippen molar-refractivity contribution in [2.24, 2.45) is 0 Å². The normalized spacial score (nSPS) is 10.8. The number of hydrogen-bond donors (Lipinski definition) is 1. The zero-order valence-electron chi connectivity index (χ0n) is 14.7. The van der Waals surface area contributed by atoms with Crippen LogP contribution in [0.25, 0.3) is 16.4 Å². The lowest BCUT2D eigenvalue weighted by molar-refractivity contribution is 0.102. The first-order valence-electron chi connectivity index (χ1n) is 8.35. The first kappa shape index (κ1) is 18.9. The monoisotopic (exact) mass is 472 g/mol. The van der Waals surface area contributed by atoms with E-state index in [0.717, 1.165) is 21.4 Å². The SMILES string of the molecule is Cc1cc(NC(=O)c2ccc(Br)cc2)n(-c2nc(-c3ccc(Cl)cc3)cs2)n1. The molecule has 4 rings (SSSR count). The third kappa shape index (κ3) is 4.01. The Morgan fingerprint density at radius 2 is 1.86 bits per heavy atom. The summed E-state index contributed by atoms with van der Waals surface area (Å²) in [5.41, 5.74) is 3.15. The van der Waals surface area contributed by atoms with Crippen molar-refractivity contribution in [1.29, 1.82) is 0 Å². The molecule has 0 bridgehead atoms. The molecule has 0 radical (unpaired) electrons. The molecule has 8 heteroatoms. The lowest BCUT2D eigenvalue weighted by Crippen LogP contribution is -2.15. The average Bonchev–Trinajstić information content (AvgIpc) is 3.29. The fourth-order valence-electron chi connectivity index (χ4n) is 2.64. The van der Waals surface area contributed by atoms with Gasteiger partial charge in [0.1, 0.15) is 5.82 Å². The summed E-state index contributed by atoms with van der Waals surface area (Å²) in [5.74, 6) is 0.366. The molecule has 28 heavy (non-hydrogen) atoms. The van der Waals surface area contributed by atoms with Crippen LogP contribution < -0.4 is 5.32 Å². The molecule has 2 aromatic heterocycles. The molecule has 0 saturated carbocycles. The van der Waals surface area contributed by atoms with Gasteiger partial charge in [0.05, 0.1) is 11.4 Å². The second-order valence-corrected chi connectivity index (χ2v) is 8.25. The molecule has 0 aliphatic rings. The van der Waals surface area contributed by atoms with Crippen molar-refractivity contribution in [2.45, 2.75) is 6.92 Å². The van der Waals surface area contributed by atoms with Crippen LogP contribution >= 0.6 is 38.9 Å². The summed E-state index contributed by atoms with van der Waals surface area (Å²) in [5, 5.41) is 10.7. The Morgan fingerprint density at radius 3 is 2.57 bits per heavy atom. The second-order valence-electron chi connectivity index (χ2n) is 6.07. The van der Waals surface area contributed by atoms with Gasteiger partial charge in [-0.25, -0.2) is 4.98 Å². The molecule has 1 amide bonds. The van der Waals surface area contributed by atoms with E-state index in [-0.39, 0.29) is 5.91 Å². The molecule has 0 fully saturated rings. The maximum atomic E-state index is 12.6. The summed E-state index contributed by atoms with van der Waals surface area (Å²) >= 11 is 10.8. The van der Waals surface area contributed by atoms with Crippen molar-refractivity contribution in [3.05, 3.63) is 80.7 Å². The Balaban J connectivity index is 1.62. The number of carbonyl (C=O) groups excluding carboxylic acids is 1. The molecule has 140 valence electrons. The number of carbonyl (C=O) groups is 1. The Kier molecular flexibility index (Phi) is 5.30. The van der Waals surface area contributed by atoms with Gasteiger partial charge in [0, 0.05) is 32.1 Å². The van der Waals surface area contributed by atoms with Crippen LogP contribution in [0, 0.1) is 6.92 Å². The maximum absolute atomic E-state index is 12.6. The van der Waals surface area contributed by atoms with Gasteiger partial charge < -0.3 is 5.32 Å². The highest BCUT2D eigenvalue weighted by Gasteiger charge is 2.15. The Labute approximate surface area is 179 Å². The van der Waals surface area contributed by atoms with E-state index in [2.05, 4.69) is 31.3 Å². The van der Waals surface area contributed by atoms with E-state index in [0.29, 0.717) is 21.5 Å². The van der Waals surface area contributed by atoms with Crippen molar-refractivity contribution in [2.75, 3.05) is 5.32 Å². The number of aryl methyl sites for hydroxylation is 1. The van der Waals surface area contributed by atoms with Gasteiger partial charge in [-0.05, 0) is 43.3 Å². The second kappa shape index (κ2) is 7.87. The van der Waals surface area contributed by atoms with E-state index < -0.39 is 0 Å². The van der Waals surface area contributed by atoms with Gasteiger partial charge in [0.2, 0.25) is 5.13 Å². The largest absolute Gasteiger partial charge is 0.306 e. The summed E-state index contributed by atoms with van der Waals surface area (Å²) in [7, 11) is 0. The van der Waals surface area contributed by atoms with E-state index in [1.165, 1.54) is 11.3 Å². The standard InChI is InChI=1S/C20H14BrClN4OS/c1-12-10-18(24-19(27)14-2-6-15(21)7-3-14)26(25-12)20-23-17(11-28-20)13-4-8-16(22)9-5-13/h2-11H,1H3,(H,24,27). The Morgan fingerprint density at radius 1 is 1.14 bits per heavy atom. The average molecular weight is 474 g/mol.